The van der Waals surface area contributed by atoms with Gasteiger partial charge in [0.25, 0.3) is 0 Å². The van der Waals surface area contributed by atoms with Gasteiger partial charge in [0.15, 0.2) is 0 Å². The highest BCUT2D eigenvalue weighted by Gasteiger charge is 2.00. The van der Waals surface area contributed by atoms with Crippen molar-refractivity contribution in [2.45, 2.75) is 0 Å². The van der Waals surface area contributed by atoms with Crippen molar-refractivity contribution in [2.24, 2.45) is 0 Å². The first kappa shape index (κ1) is 15.5. The number of rotatable bonds is 0. The van der Waals surface area contributed by atoms with Gasteiger partial charge in [-0.3, -0.25) is 0 Å². The van der Waals surface area contributed by atoms with Crippen LogP contribution in [0.25, 0.3) is 21.5 Å². The molecular weight excluding hydrogens is 300 g/mol. The Labute approximate surface area is 139 Å². The predicted octanol–water partition coefficient (Wildman–Crippen LogP) is 4.26. The van der Waals surface area contributed by atoms with Crippen LogP contribution in [0.15, 0.2) is 72.8 Å². The lowest BCUT2D eigenvalue weighted by molar-refractivity contribution is 0.476. The van der Waals surface area contributed by atoms with Crippen LogP contribution in [0.3, 0.4) is 0 Å². The molecule has 0 amide bonds. The van der Waals surface area contributed by atoms with Gasteiger partial charge in [0, 0.05) is 27.5 Å². The van der Waals surface area contributed by atoms with Crippen molar-refractivity contribution in [1.82, 2.24) is 0 Å². The molecule has 24 heavy (non-hydrogen) atoms. The first-order valence-corrected chi connectivity index (χ1v) is 7.49. The number of nitrogen functional groups attached to an aromatic ring is 2. The molecule has 0 aromatic heterocycles. The topological polar surface area (TPSA) is 92.5 Å². The largest absolute Gasteiger partial charge is 0.508 e. The number of hydrogen-bond acceptors (Lipinski definition) is 4. The van der Waals surface area contributed by atoms with Gasteiger partial charge in [-0.25, -0.2) is 0 Å². The monoisotopic (exact) mass is 318 g/mol. The fourth-order valence-corrected chi connectivity index (χ4v) is 2.59. The van der Waals surface area contributed by atoms with Gasteiger partial charge in [0.1, 0.15) is 11.5 Å². The average Bonchev–Trinajstić information content (AvgIpc) is 2.60. The fourth-order valence-electron chi connectivity index (χ4n) is 2.59. The summed E-state index contributed by atoms with van der Waals surface area (Å²) in [7, 11) is 0. The lowest BCUT2D eigenvalue weighted by Gasteiger charge is -2.02. The van der Waals surface area contributed by atoms with Crippen molar-refractivity contribution < 1.29 is 10.2 Å². The smallest absolute Gasteiger partial charge is 0.123 e. The van der Waals surface area contributed by atoms with Gasteiger partial charge in [0.2, 0.25) is 0 Å². The molecule has 0 heterocycles. The Morgan fingerprint density at radius 2 is 1.29 bits per heavy atom. The van der Waals surface area contributed by atoms with Crippen molar-refractivity contribution in [1.29, 1.82) is 0 Å². The molecule has 4 heteroatoms. The summed E-state index contributed by atoms with van der Waals surface area (Å²) >= 11 is 0. The second-order valence-corrected chi connectivity index (χ2v) is 5.47. The van der Waals surface area contributed by atoms with Crippen LogP contribution >= 0.6 is 0 Å². The number of phenols is 2. The van der Waals surface area contributed by atoms with E-state index in [1.165, 1.54) is 0 Å². The molecule has 4 nitrogen and oxygen atoms in total. The lowest BCUT2D eigenvalue weighted by Crippen LogP contribution is -1.85. The van der Waals surface area contributed by atoms with Crippen LogP contribution in [-0.4, -0.2) is 10.2 Å². The highest BCUT2D eigenvalue weighted by molar-refractivity contribution is 5.96. The second-order valence-electron chi connectivity index (χ2n) is 5.47. The molecular formula is C20H18N2O2. The normalized spacial score (nSPS) is 10.3. The molecule has 4 aromatic rings. The number of benzene rings is 4. The number of phenolic OH excluding ortho intramolecular Hbond substituents is 2. The second kappa shape index (κ2) is 6.38. The van der Waals surface area contributed by atoms with Crippen molar-refractivity contribution in [2.75, 3.05) is 11.5 Å². The Bertz CT molecular complexity index is 967. The summed E-state index contributed by atoms with van der Waals surface area (Å²) in [5, 5.41) is 22.3. The van der Waals surface area contributed by atoms with Crippen LogP contribution in [0.1, 0.15) is 0 Å². The van der Waals surface area contributed by atoms with E-state index in [4.69, 9.17) is 11.5 Å². The molecule has 4 aromatic carbocycles. The van der Waals surface area contributed by atoms with Crippen molar-refractivity contribution >= 4 is 32.9 Å². The van der Waals surface area contributed by atoms with E-state index in [-0.39, 0.29) is 11.5 Å². The van der Waals surface area contributed by atoms with Gasteiger partial charge in [-0.2, -0.15) is 0 Å². The molecule has 6 N–H and O–H groups in total. The third-order valence-electron chi connectivity index (χ3n) is 3.83. The predicted molar refractivity (Wildman–Crippen MR) is 100 cm³/mol. The van der Waals surface area contributed by atoms with E-state index >= 15 is 0 Å². The number of fused-ring (bicyclic) bond motifs is 2. The minimum Gasteiger partial charge on any atom is -0.508 e. The molecule has 0 atom stereocenters. The fraction of sp³-hybridized carbons (Fsp3) is 0. The first-order valence-electron chi connectivity index (χ1n) is 7.49. The minimum absolute atomic E-state index is 0.250. The third kappa shape index (κ3) is 3.03. The molecule has 0 saturated heterocycles. The lowest BCUT2D eigenvalue weighted by atomic mass is 10.1. The molecule has 0 aliphatic carbocycles. The molecule has 4 rings (SSSR count). The number of hydrogen-bond donors (Lipinski definition) is 4. The summed E-state index contributed by atoms with van der Waals surface area (Å²) < 4.78 is 0. The maximum atomic E-state index is 9.44. The molecule has 0 bridgehead atoms. The van der Waals surface area contributed by atoms with Crippen molar-refractivity contribution in [3.8, 4) is 11.5 Å². The average molecular weight is 318 g/mol. The van der Waals surface area contributed by atoms with Gasteiger partial charge in [-0.05, 0) is 35.7 Å². The van der Waals surface area contributed by atoms with E-state index in [2.05, 4.69) is 0 Å². The van der Waals surface area contributed by atoms with Gasteiger partial charge in [0.05, 0.1) is 0 Å². The van der Waals surface area contributed by atoms with E-state index in [1.54, 1.807) is 24.3 Å². The van der Waals surface area contributed by atoms with Crippen LogP contribution in [0.5, 0.6) is 11.5 Å². The SMILES string of the molecule is Nc1ccc(O)c2ccccc12.Nc1cccc2ccc(O)cc12. The van der Waals surface area contributed by atoms with Gasteiger partial charge >= 0.3 is 0 Å². The first-order chi connectivity index (χ1) is 11.6. The van der Waals surface area contributed by atoms with Crippen molar-refractivity contribution in [3.63, 3.8) is 0 Å². The van der Waals surface area contributed by atoms with Crippen molar-refractivity contribution in [3.05, 3.63) is 72.8 Å². The summed E-state index contributed by atoms with van der Waals surface area (Å²) in [6, 6.07) is 21.7. The number of anilines is 2. The molecule has 0 spiro atoms. The number of aromatic hydroxyl groups is 2. The van der Waals surface area contributed by atoms with E-state index in [0.29, 0.717) is 11.4 Å². The highest BCUT2D eigenvalue weighted by Crippen LogP contribution is 2.28. The summed E-state index contributed by atoms with van der Waals surface area (Å²) in [6.07, 6.45) is 0. The standard InChI is InChI=1S/2C10H9NO/c11-10-3-1-2-7-4-5-8(12)6-9(7)10;11-9-5-6-10(12)8-4-2-1-3-7(8)9/h2*1-6,12H,11H2. The third-order valence-corrected chi connectivity index (χ3v) is 3.83. The summed E-state index contributed by atoms with van der Waals surface area (Å²) in [6.45, 7) is 0. The zero-order chi connectivity index (χ0) is 17.1. The Morgan fingerprint density at radius 1 is 0.583 bits per heavy atom. The van der Waals surface area contributed by atoms with Crippen LogP contribution < -0.4 is 11.5 Å². The van der Waals surface area contributed by atoms with Crippen LogP contribution in [0.4, 0.5) is 11.4 Å². The Hall–Kier alpha value is -3.40. The zero-order valence-corrected chi connectivity index (χ0v) is 13.0. The maximum absolute atomic E-state index is 9.44. The van der Waals surface area contributed by atoms with E-state index < -0.39 is 0 Å². The molecule has 120 valence electrons. The summed E-state index contributed by atoms with van der Waals surface area (Å²) in [5.74, 6) is 0.528. The summed E-state index contributed by atoms with van der Waals surface area (Å²) in [4.78, 5) is 0. The number of nitrogens with two attached hydrogens (primary N) is 2. The molecule has 0 aliphatic heterocycles. The molecule has 0 fully saturated rings. The molecule has 0 radical (unpaired) electrons. The van der Waals surface area contributed by atoms with Crippen LogP contribution in [-0.2, 0) is 0 Å². The molecule has 0 unspecified atom stereocenters. The minimum atomic E-state index is 0.250. The molecule has 0 aliphatic rings. The van der Waals surface area contributed by atoms with Gasteiger partial charge in [-0.1, -0.05) is 42.5 Å². The van der Waals surface area contributed by atoms with E-state index in [9.17, 15) is 10.2 Å². The van der Waals surface area contributed by atoms with Crippen LogP contribution in [0.2, 0.25) is 0 Å². The maximum Gasteiger partial charge on any atom is 0.123 e. The van der Waals surface area contributed by atoms with Crippen LogP contribution in [0, 0.1) is 0 Å². The quantitative estimate of drug-likeness (QED) is 0.288. The van der Waals surface area contributed by atoms with E-state index in [0.717, 1.165) is 21.5 Å². The zero-order valence-electron chi connectivity index (χ0n) is 13.0. The summed E-state index contributed by atoms with van der Waals surface area (Å²) in [5.41, 5.74) is 12.8. The Balaban J connectivity index is 0.000000141. The Morgan fingerprint density at radius 3 is 2.04 bits per heavy atom. The van der Waals surface area contributed by atoms with Gasteiger partial charge in [-0.15, -0.1) is 0 Å². The molecule has 0 saturated carbocycles. The Kier molecular flexibility index (Phi) is 4.12. The highest BCUT2D eigenvalue weighted by atomic mass is 16.3. The van der Waals surface area contributed by atoms with Gasteiger partial charge < -0.3 is 21.7 Å². The van der Waals surface area contributed by atoms with E-state index in [1.807, 2.05) is 48.5 Å².